The fourth-order valence-corrected chi connectivity index (χ4v) is 4.92. The minimum absolute atomic E-state index is 0.0176. The maximum Gasteiger partial charge on any atom is 0.262 e. The summed E-state index contributed by atoms with van der Waals surface area (Å²) in [6.07, 6.45) is 4.38. The predicted molar refractivity (Wildman–Crippen MR) is 124 cm³/mol. The summed E-state index contributed by atoms with van der Waals surface area (Å²) in [6.45, 7) is 5.00. The lowest BCUT2D eigenvalue weighted by molar-refractivity contribution is -0.115. The van der Waals surface area contributed by atoms with Crippen LogP contribution in [0.4, 0.5) is 5.82 Å². The molecule has 0 radical (unpaired) electrons. The molecule has 3 heterocycles. The summed E-state index contributed by atoms with van der Waals surface area (Å²) in [6, 6.07) is 9.00. The van der Waals surface area contributed by atoms with E-state index in [4.69, 9.17) is 14.2 Å². The Labute approximate surface area is 190 Å². The molecule has 170 valence electrons. The Kier molecular flexibility index (Phi) is 7.26. The van der Waals surface area contributed by atoms with E-state index in [2.05, 4.69) is 17.4 Å². The maximum atomic E-state index is 13.3. The Bertz CT molecular complexity index is 1140. The highest BCUT2D eigenvalue weighted by Gasteiger charge is 2.26. The molecule has 2 aromatic heterocycles. The summed E-state index contributed by atoms with van der Waals surface area (Å²) < 4.78 is 12.5. The van der Waals surface area contributed by atoms with Crippen LogP contribution in [0.1, 0.15) is 44.8 Å². The van der Waals surface area contributed by atoms with E-state index in [1.807, 2.05) is 18.2 Å². The van der Waals surface area contributed by atoms with Gasteiger partial charge in [0.25, 0.3) is 5.56 Å². The van der Waals surface area contributed by atoms with E-state index in [-0.39, 0.29) is 17.6 Å². The quantitative estimate of drug-likeness (QED) is 0.381. The molecule has 0 aliphatic carbocycles. The predicted octanol–water partition coefficient (Wildman–Crippen LogP) is 4.16. The molecular weight excluding hydrogens is 428 g/mol. The number of nitrogens with zero attached hydrogens (tertiary/aromatic N) is 3. The van der Waals surface area contributed by atoms with Gasteiger partial charge in [0.05, 0.1) is 28.8 Å². The van der Waals surface area contributed by atoms with Crippen LogP contribution in [0.25, 0.3) is 10.9 Å². The Balaban J connectivity index is 1.66. The van der Waals surface area contributed by atoms with Gasteiger partial charge in [0.15, 0.2) is 11.0 Å². The summed E-state index contributed by atoms with van der Waals surface area (Å²) in [5.41, 5.74) is 0.528. The van der Waals surface area contributed by atoms with Crippen molar-refractivity contribution in [1.29, 1.82) is 0 Å². The van der Waals surface area contributed by atoms with Gasteiger partial charge in [-0.25, -0.2) is 4.98 Å². The van der Waals surface area contributed by atoms with Gasteiger partial charge in [0.1, 0.15) is 5.76 Å². The lowest BCUT2D eigenvalue weighted by Gasteiger charge is -2.20. The largest absolute Gasteiger partial charge is 0.376 e. The minimum atomic E-state index is -0.421. The van der Waals surface area contributed by atoms with Crippen LogP contribution in [-0.2, 0) is 16.1 Å². The van der Waals surface area contributed by atoms with Gasteiger partial charge in [0.2, 0.25) is 5.91 Å². The summed E-state index contributed by atoms with van der Waals surface area (Å²) in [4.78, 5) is 31.2. The number of carbonyl (C=O) groups is 1. The fraction of sp³-hybridized carbons (Fsp3) is 0.478. The van der Waals surface area contributed by atoms with Crippen molar-refractivity contribution in [1.82, 2.24) is 14.7 Å². The zero-order valence-corrected chi connectivity index (χ0v) is 19.2. The number of para-hydroxylation sites is 1. The molecule has 0 bridgehead atoms. The monoisotopic (exact) mass is 456 g/mol. The standard InChI is InChI=1S/C23H28N4O4S/c1-3-4-11-19(21(28)25-20-13-15(2)31-26-20)32-23-24-18-10-6-5-9-17(18)22(29)27(23)14-16-8-7-12-30-16/h5-6,9-10,13,16,19H,3-4,7-8,11-12,14H2,1-2H3,(H,25,26,28)/t16-,19-/m1/s1. The highest BCUT2D eigenvalue weighted by atomic mass is 32.2. The molecule has 9 heteroatoms. The lowest BCUT2D eigenvalue weighted by Crippen LogP contribution is -2.31. The lowest BCUT2D eigenvalue weighted by atomic mass is 10.2. The molecule has 1 amide bonds. The van der Waals surface area contributed by atoms with Gasteiger partial charge in [-0.15, -0.1) is 0 Å². The van der Waals surface area contributed by atoms with Gasteiger partial charge in [-0.2, -0.15) is 0 Å². The average Bonchev–Trinajstić information content (AvgIpc) is 3.45. The minimum Gasteiger partial charge on any atom is -0.376 e. The van der Waals surface area contributed by atoms with Crippen LogP contribution in [0.2, 0.25) is 0 Å². The summed E-state index contributed by atoms with van der Waals surface area (Å²) in [7, 11) is 0. The van der Waals surface area contributed by atoms with Gasteiger partial charge in [0, 0.05) is 12.7 Å². The van der Waals surface area contributed by atoms with Gasteiger partial charge < -0.3 is 14.6 Å². The van der Waals surface area contributed by atoms with Crippen molar-refractivity contribution in [2.75, 3.05) is 11.9 Å². The van der Waals surface area contributed by atoms with Crippen molar-refractivity contribution >= 4 is 34.4 Å². The van der Waals surface area contributed by atoms with Crippen LogP contribution in [0, 0.1) is 6.92 Å². The number of fused-ring (bicyclic) bond motifs is 1. The second kappa shape index (κ2) is 10.3. The number of aromatic nitrogens is 3. The highest BCUT2D eigenvalue weighted by Crippen LogP contribution is 2.28. The number of amides is 1. The molecule has 1 aliphatic rings. The molecule has 1 aliphatic heterocycles. The Morgan fingerprint density at radius 1 is 1.38 bits per heavy atom. The summed E-state index contributed by atoms with van der Waals surface area (Å²) in [5.74, 6) is 0.834. The number of hydrogen-bond donors (Lipinski definition) is 1. The van der Waals surface area contributed by atoms with Crippen LogP contribution < -0.4 is 10.9 Å². The number of benzene rings is 1. The van der Waals surface area contributed by atoms with E-state index in [9.17, 15) is 9.59 Å². The normalized spacial score (nSPS) is 17.0. The van der Waals surface area contributed by atoms with Crippen molar-refractivity contribution in [3.63, 3.8) is 0 Å². The molecule has 3 aromatic rings. The van der Waals surface area contributed by atoms with E-state index in [0.29, 0.717) is 47.2 Å². The van der Waals surface area contributed by atoms with Crippen molar-refractivity contribution in [2.45, 2.75) is 69.0 Å². The van der Waals surface area contributed by atoms with Crippen molar-refractivity contribution in [3.05, 3.63) is 46.4 Å². The van der Waals surface area contributed by atoms with Crippen LogP contribution >= 0.6 is 11.8 Å². The highest BCUT2D eigenvalue weighted by molar-refractivity contribution is 8.00. The van der Waals surface area contributed by atoms with E-state index in [1.165, 1.54) is 11.8 Å². The van der Waals surface area contributed by atoms with Crippen molar-refractivity contribution in [3.8, 4) is 0 Å². The molecule has 1 fully saturated rings. The van der Waals surface area contributed by atoms with Crippen molar-refractivity contribution < 1.29 is 14.1 Å². The molecule has 4 rings (SSSR count). The molecule has 8 nitrogen and oxygen atoms in total. The van der Waals surface area contributed by atoms with E-state index < -0.39 is 5.25 Å². The Morgan fingerprint density at radius 2 is 2.22 bits per heavy atom. The SMILES string of the molecule is CCCC[C@@H](Sc1nc2ccccc2c(=O)n1C[C@H]1CCCO1)C(=O)Nc1cc(C)on1. The van der Waals surface area contributed by atoms with Gasteiger partial charge in [-0.3, -0.25) is 14.2 Å². The second-order valence-corrected chi connectivity index (χ2v) is 9.19. The molecule has 0 spiro atoms. The number of hydrogen-bond acceptors (Lipinski definition) is 7. The van der Waals surface area contributed by atoms with Gasteiger partial charge >= 0.3 is 0 Å². The van der Waals surface area contributed by atoms with Crippen molar-refractivity contribution in [2.24, 2.45) is 0 Å². The third-order valence-corrected chi connectivity index (χ3v) is 6.73. The zero-order chi connectivity index (χ0) is 22.5. The number of unbranched alkanes of at least 4 members (excludes halogenated alkanes) is 1. The zero-order valence-electron chi connectivity index (χ0n) is 18.4. The Morgan fingerprint density at radius 3 is 2.94 bits per heavy atom. The van der Waals surface area contributed by atoms with Gasteiger partial charge in [-0.1, -0.05) is 48.8 Å². The number of thioether (sulfide) groups is 1. The first-order valence-electron chi connectivity index (χ1n) is 11.1. The third-order valence-electron chi connectivity index (χ3n) is 5.48. The molecule has 32 heavy (non-hydrogen) atoms. The molecule has 1 N–H and O–H groups in total. The molecule has 0 unspecified atom stereocenters. The van der Waals surface area contributed by atoms with Crippen LogP contribution in [0.3, 0.4) is 0 Å². The number of ether oxygens (including phenoxy) is 1. The van der Waals surface area contributed by atoms with Crippen LogP contribution in [0.15, 0.2) is 44.8 Å². The number of anilines is 1. The topological polar surface area (TPSA) is 99.2 Å². The maximum absolute atomic E-state index is 13.3. The first kappa shape index (κ1) is 22.5. The Hall–Kier alpha value is -2.65. The molecule has 1 saturated heterocycles. The number of carbonyl (C=O) groups excluding carboxylic acids is 1. The molecule has 0 saturated carbocycles. The van der Waals surface area contributed by atoms with E-state index >= 15 is 0 Å². The average molecular weight is 457 g/mol. The smallest absolute Gasteiger partial charge is 0.262 e. The summed E-state index contributed by atoms with van der Waals surface area (Å²) >= 11 is 1.33. The number of rotatable bonds is 9. The van der Waals surface area contributed by atoms with Gasteiger partial charge in [-0.05, 0) is 38.3 Å². The second-order valence-electron chi connectivity index (χ2n) is 8.02. The first-order chi connectivity index (χ1) is 15.5. The van der Waals surface area contributed by atoms with Crippen LogP contribution in [0.5, 0.6) is 0 Å². The first-order valence-corrected chi connectivity index (χ1v) is 11.9. The molecule has 2 atom stereocenters. The number of nitrogens with one attached hydrogen (secondary N) is 1. The third kappa shape index (κ3) is 5.21. The number of aryl methyl sites for hydroxylation is 1. The van der Waals surface area contributed by atoms with Crippen LogP contribution in [-0.4, -0.2) is 38.6 Å². The van der Waals surface area contributed by atoms with E-state index in [1.54, 1.807) is 23.6 Å². The molecule has 1 aromatic carbocycles. The summed E-state index contributed by atoms with van der Waals surface area (Å²) in [5, 5.41) is 7.38. The molecular formula is C23H28N4O4S. The van der Waals surface area contributed by atoms with E-state index in [0.717, 1.165) is 25.7 Å². The fourth-order valence-electron chi connectivity index (χ4n) is 3.78.